The molecule has 0 spiro atoms. The molecule has 6 nitrogen and oxygen atoms in total. The maximum absolute atomic E-state index is 12.5. The number of hydrogen-bond acceptors (Lipinski definition) is 4. The Morgan fingerprint density at radius 3 is 2.52 bits per heavy atom. The number of nitrogens with one attached hydrogen (secondary N) is 1. The number of carbonyl (C=O) groups is 2. The number of carbonyl (C=O) groups excluding carboxylic acids is 2. The largest absolute Gasteiger partial charge is 0.322 e. The van der Waals surface area contributed by atoms with Gasteiger partial charge in [0.1, 0.15) is 0 Å². The minimum absolute atomic E-state index is 0.187. The van der Waals surface area contributed by atoms with E-state index in [9.17, 15) is 18.0 Å². The molecular formula is C18H18N2O4S. The molecule has 2 aromatic rings. The van der Waals surface area contributed by atoms with Crippen molar-refractivity contribution in [1.29, 1.82) is 0 Å². The topological polar surface area (TPSA) is 83.6 Å². The Morgan fingerprint density at radius 1 is 1.16 bits per heavy atom. The van der Waals surface area contributed by atoms with E-state index in [0.29, 0.717) is 5.69 Å². The lowest BCUT2D eigenvalue weighted by molar-refractivity contribution is -0.119. The molecule has 1 aliphatic heterocycles. The molecule has 1 aliphatic rings. The first kappa shape index (κ1) is 17.2. The molecule has 0 aliphatic carbocycles. The van der Waals surface area contributed by atoms with Crippen LogP contribution in [-0.2, 0) is 14.8 Å². The van der Waals surface area contributed by atoms with Gasteiger partial charge in [0.25, 0.3) is 5.91 Å². The van der Waals surface area contributed by atoms with E-state index in [1.165, 1.54) is 12.1 Å². The van der Waals surface area contributed by atoms with Crippen LogP contribution in [0.4, 0.5) is 11.4 Å². The number of anilines is 2. The monoisotopic (exact) mass is 358 g/mol. The summed E-state index contributed by atoms with van der Waals surface area (Å²) in [7, 11) is -3.69. The molecule has 130 valence electrons. The molecule has 1 saturated heterocycles. The lowest BCUT2D eigenvalue weighted by atomic mass is 10.1. The van der Waals surface area contributed by atoms with Crippen LogP contribution in [0.25, 0.3) is 0 Å². The van der Waals surface area contributed by atoms with Crippen molar-refractivity contribution in [3.63, 3.8) is 0 Å². The molecule has 1 atom stereocenters. The van der Waals surface area contributed by atoms with Crippen LogP contribution in [0.3, 0.4) is 0 Å². The van der Waals surface area contributed by atoms with Gasteiger partial charge in [0.15, 0.2) is 0 Å². The summed E-state index contributed by atoms with van der Waals surface area (Å²) in [5.74, 6) is -1.65. The molecule has 0 unspecified atom stereocenters. The summed E-state index contributed by atoms with van der Waals surface area (Å²) in [6.07, 6.45) is 0. The molecule has 0 bridgehead atoms. The number of nitrogens with zero attached hydrogens (tertiary/aromatic N) is 1. The van der Waals surface area contributed by atoms with Gasteiger partial charge in [-0.25, -0.2) is 12.7 Å². The smallest absolute Gasteiger partial charge is 0.255 e. The summed E-state index contributed by atoms with van der Waals surface area (Å²) in [5.41, 5.74) is 2.06. The van der Waals surface area contributed by atoms with Gasteiger partial charge >= 0.3 is 0 Å². The lowest BCUT2D eigenvalue weighted by Gasteiger charge is -2.16. The van der Waals surface area contributed by atoms with E-state index in [2.05, 4.69) is 5.32 Å². The summed E-state index contributed by atoms with van der Waals surface area (Å²) in [6.45, 7) is 3.46. The molecule has 1 heterocycles. The average Bonchev–Trinajstić information content (AvgIpc) is 2.77. The standard InChI is InChI=1S/C18H18N2O4S/c1-12-6-3-4-9-16(12)19-17(21)14-7-5-8-15(10-14)20-18(22)13(2)11-25(20,23)24/h3-10,13H,11H2,1-2H3,(H,19,21)/t13-/m0/s1. The molecule has 25 heavy (non-hydrogen) atoms. The third kappa shape index (κ3) is 3.28. The first-order valence-corrected chi connectivity index (χ1v) is 9.44. The van der Waals surface area contributed by atoms with Crippen LogP contribution in [0.1, 0.15) is 22.8 Å². The number of benzene rings is 2. The predicted octanol–water partition coefficient (Wildman–Crippen LogP) is 2.56. The van der Waals surface area contributed by atoms with Gasteiger partial charge in [0, 0.05) is 11.3 Å². The Hall–Kier alpha value is -2.67. The summed E-state index contributed by atoms with van der Waals surface area (Å²) >= 11 is 0. The molecule has 1 fully saturated rings. The summed E-state index contributed by atoms with van der Waals surface area (Å²) in [6, 6.07) is 13.4. The van der Waals surface area contributed by atoms with Crippen molar-refractivity contribution in [2.75, 3.05) is 15.4 Å². The zero-order valence-corrected chi connectivity index (χ0v) is 14.7. The van der Waals surface area contributed by atoms with Crippen LogP contribution < -0.4 is 9.62 Å². The Balaban J connectivity index is 1.91. The maximum Gasteiger partial charge on any atom is 0.255 e. The Bertz CT molecular complexity index is 953. The number of rotatable bonds is 3. The second-order valence-corrected chi connectivity index (χ2v) is 7.96. The SMILES string of the molecule is Cc1ccccc1NC(=O)c1cccc(N2C(=O)[C@@H](C)CS2(=O)=O)c1. The van der Waals surface area contributed by atoms with Gasteiger partial charge in [-0.3, -0.25) is 9.59 Å². The highest BCUT2D eigenvalue weighted by Crippen LogP contribution is 2.29. The second kappa shape index (κ2) is 6.33. The van der Waals surface area contributed by atoms with E-state index >= 15 is 0 Å². The van der Waals surface area contributed by atoms with Gasteiger partial charge in [-0.05, 0) is 36.8 Å². The second-order valence-electron chi connectivity index (χ2n) is 6.10. The van der Waals surface area contributed by atoms with Crippen LogP contribution in [0.2, 0.25) is 0 Å². The van der Waals surface area contributed by atoms with Crippen LogP contribution >= 0.6 is 0 Å². The van der Waals surface area contributed by atoms with Crippen LogP contribution in [0.5, 0.6) is 0 Å². The van der Waals surface area contributed by atoms with E-state index in [-0.39, 0.29) is 22.9 Å². The quantitative estimate of drug-likeness (QED) is 0.914. The summed E-state index contributed by atoms with van der Waals surface area (Å²) in [4.78, 5) is 24.7. The summed E-state index contributed by atoms with van der Waals surface area (Å²) in [5, 5.41) is 2.79. The Morgan fingerprint density at radius 2 is 1.88 bits per heavy atom. The van der Waals surface area contributed by atoms with Crippen LogP contribution in [0.15, 0.2) is 48.5 Å². The third-order valence-corrected chi connectivity index (χ3v) is 5.96. The van der Waals surface area contributed by atoms with Gasteiger partial charge in [-0.1, -0.05) is 31.2 Å². The molecule has 0 radical (unpaired) electrons. The fraction of sp³-hybridized carbons (Fsp3) is 0.222. The fourth-order valence-electron chi connectivity index (χ4n) is 2.77. The first-order chi connectivity index (χ1) is 11.8. The minimum Gasteiger partial charge on any atom is -0.322 e. The molecule has 0 aromatic heterocycles. The molecule has 0 saturated carbocycles. The normalized spacial score (nSPS) is 19.0. The van der Waals surface area contributed by atoms with E-state index in [1.54, 1.807) is 25.1 Å². The predicted molar refractivity (Wildman–Crippen MR) is 96.0 cm³/mol. The van der Waals surface area contributed by atoms with Crippen molar-refractivity contribution in [1.82, 2.24) is 0 Å². The molecular weight excluding hydrogens is 340 g/mol. The van der Waals surface area contributed by atoms with Crippen molar-refractivity contribution < 1.29 is 18.0 Å². The van der Waals surface area contributed by atoms with Gasteiger partial charge < -0.3 is 5.32 Å². The third-order valence-electron chi connectivity index (χ3n) is 4.10. The Labute approximate surface area is 146 Å². The fourth-order valence-corrected chi connectivity index (χ4v) is 4.58. The highest BCUT2D eigenvalue weighted by molar-refractivity contribution is 7.94. The van der Waals surface area contributed by atoms with E-state index in [1.807, 2.05) is 25.1 Å². The van der Waals surface area contributed by atoms with Gasteiger partial charge in [0.05, 0.1) is 17.4 Å². The van der Waals surface area contributed by atoms with Crippen LogP contribution in [-0.4, -0.2) is 26.0 Å². The average molecular weight is 358 g/mol. The highest BCUT2D eigenvalue weighted by atomic mass is 32.2. The molecule has 7 heteroatoms. The Kier molecular flexibility index (Phi) is 4.34. The first-order valence-electron chi connectivity index (χ1n) is 7.83. The van der Waals surface area contributed by atoms with Crippen LogP contribution in [0, 0.1) is 12.8 Å². The van der Waals surface area contributed by atoms with E-state index < -0.39 is 21.8 Å². The zero-order chi connectivity index (χ0) is 18.2. The number of para-hydroxylation sites is 1. The van der Waals surface area contributed by atoms with E-state index in [0.717, 1.165) is 9.87 Å². The minimum atomic E-state index is -3.69. The van der Waals surface area contributed by atoms with Crippen molar-refractivity contribution in [3.05, 3.63) is 59.7 Å². The van der Waals surface area contributed by atoms with Crippen molar-refractivity contribution in [2.24, 2.45) is 5.92 Å². The number of amides is 2. The van der Waals surface area contributed by atoms with Gasteiger partial charge in [-0.2, -0.15) is 0 Å². The number of aryl methyl sites for hydroxylation is 1. The van der Waals surface area contributed by atoms with Crippen molar-refractivity contribution in [3.8, 4) is 0 Å². The molecule has 3 rings (SSSR count). The molecule has 2 aromatic carbocycles. The zero-order valence-electron chi connectivity index (χ0n) is 13.9. The van der Waals surface area contributed by atoms with E-state index in [4.69, 9.17) is 0 Å². The van der Waals surface area contributed by atoms with Crippen molar-refractivity contribution >= 4 is 33.2 Å². The highest BCUT2D eigenvalue weighted by Gasteiger charge is 2.42. The number of sulfonamides is 1. The summed E-state index contributed by atoms with van der Waals surface area (Å²) < 4.78 is 25.2. The number of hydrogen-bond donors (Lipinski definition) is 1. The van der Waals surface area contributed by atoms with Crippen molar-refractivity contribution in [2.45, 2.75) is 13.8 Å². The molecule has 2 amide bonds. The molecule has 1 N–H and O–H groups in total. The van der Waals surface area contributed by atoms with Gasteiger partial charge in [0.2, 0.25) is 15.9 Å². The maximum atomic E-state index is 12.5. The lowest BCUT2D eigenvalue weighted by Crippen LogP contribution is -2.30. The van der Waals surface area contributed by atoms with Gasteiger partial charge in [-0.15, -0.1) is 0 Å².